The molecule has 2 aromatic carbocycles. The Labute approximate surface area is 126 Å². The van der Waals surface area contributed by atoms with Crippen LogP contribution < -0.4 is 10.8 Å². The first-order valence-electron chi connectivity index (χ1n) is 6.15. The molecule has 0 saturated carbocycles. The molecule has 0 unspecified atom stereocenters. The summed E-state index contributed by atoms with van der Waals surface area (Å²) in [5.41, 5.74) is 5.81. The average molecular weight is 305 g/mol. The summed E-state index contributed by atoms with van der Waals surface area (Å²) >= 11 is 5.90. The number of amides is 1. The molecule has 6 heteroatoms. The molecule has 0 aliphatic rings. The number of nitrogens with two attached hydrogens (primary N) is 1. The molecule has 0 aromatic heterocycles. The Bertz CT molecular complexity index is 674. The van der Waals surface area contributed by atoms with Crippen LogP contribution in [0.4, 0.5) is 5.69 Å². The minimum atomic E-state index is -0.723. The molecular weight excluding hydrogens is 292 g/mol. The third-order valence-corrected chi connectivity index (χ3v) is 3.11. The lowest BCUT2D eigenvalue weighted by Gasteiger charge is -2.17. The van der Waals surface area contributed by atoms with Gasteiger partial charge < -0.3 is 5.73 Å². The fourth-order valence-electron chi connectivity index (χ4n) is 1.84. The third-order valence-electron chi connectivity index (χ3n) is 2.88. The van der Waals surface area contributed by atoms with E-state index < -0.39 is 5.91 Å². The van der Waals surface area contributed by atoms with Gasteiger partial charge in [0.1, 0.15) is 0 Å². The van der Waals surface area contributed by atoms with E-state index in [2.05, 4.69) is 0 Å². The molecular formula is C15H13ClN2O3. The molecule has 1 amide bonds. The fraction of sp³-hybridized carbons (Fsp3) is 0.0667. The molecule has 21 heavy (non-hydrogen) atoms. The van der Waals surface area contributed by atoms with Gasteiger partial charge in [0.2, 0.25) is 0 Å². The third kappa shape index (κ3) is 3.28. The summed E-state index contributed by atoms with van der Waals surface area (Å²) in [7, 11) is 0. The Kier molecular flexibility index (Phi) is 4.70. The number of ketones is 1. The van der Waals surface area contributed by atoms with Gasteiger partial charge in [-0.2, -0.15) is 5.06 Å². The van der Waals surface area contributed by atoms with Gasteiger partial charge in [0.25, 0.3) is 5.91 Å². The first-order chi connectivity index (χ1) is 10.0. The number of rotatable bonds is 4. The van der Waals surface area contributed by atoms with E-state index >= 15 is 0 Å². The lowest BCUT2D eigenvalue weighted by Crippen LogP contribution is -2.34. The average Bonchev–Trinajstić information content (AvgIpc) is 2.53. The van der Waals surface area contributed by atoms with Crippen LogP contribution >= 0.6 is 11.6 Å². The number of hydrogen-bond donors (Lipinski definition) is 2. The zero-order chi connectivity index (χ0) is 15.4. The van der Waals surface area contributed by atoms with Gasteiger partial charge in [0.05, 0.1) is 17.8 Å². The monoisotopic (exact) mass is 304 g/mol. The predicted molar refractivity (Wildman–Crippen MR) is 79.7 cm³/mol. The number of hydroxylamine groups is 1. The maximum Gasteiger partial charge on any atom is 0.264 e. The number of nitrogens with zero attached hydrogens (tertiary/aromatic N) is 1. The van der Waals surface area contributed by atoms with E-state index in [9.17, 15) is 14.8 Å². The van der Waals surface area contributed by atoms with Gasteiger partial charge in [-0.05, 0) is 18.2 Å². The highest BCUT2D eigenvalue weighted by Gasteiger charge is 2.21. The van der Waals surface area contributed by atoms with Gasteiger partial charge in [0.15, 0.2) is 5.78 Å². The highest BCUT2D eigenvalue weighted by molar-refractivity contribution is 6.31. The zero-order valence-electron chi connectivity index (χ0n) is 11.0. The van der Waals surface area contributed by atoms with E-state index in [1.54, 1.807) is 30.3 Å². The van der Waals surface area contributed by atoms with Crippen molar-refractivity contribution in [2.24, 2.45) is 5.73 Å². The minimum Gasteiger partial charge on any atom is -0.322 e. The standard InChI is InChI=1S/C15H13ClN2O3/c16-11-6-7-13(18(21)14(19)9-17)12(8-11)15(20)10-4-2-1-3-5-10/h1-8,21H,9,17H2. The van der Waals surface area contributed by atoms with Gasteiger partial charge in [-0.3, -0.25) is 14.8 Å². The second-order valence-electron chi connectivity index (χ2n) is 4.27. The molecule has 0 aliphatic carbocycles. The molecule has 0 spiro atoms. The lowest BCUT2D eigenvalue weighted by atomic mass is 10.0. The molecule has 2 aromatic rings. The van der Waals surface area contributed by atoms with Crippen molar-refractivity contribution in [3.63, 3.8) is 0 Å². The van der Waals surface area contributed by atoms with Gasteiger partial charge in [-0.15, -0.1) is 0 Å². The summed E-state index contributed by atoms with van der Waals surface area (Å²) in [5, 5.41) is 10.6. The van der Waals surface area contributed by atoms with Crippen LogP contribution in [0.1, 0.15) is 15.9 Å². The van der Waals surface area contributed by atoms with Crippen molar-refractivity contribution >= 4 is 29.0 Å². The summed E-state index contributed by atoms with van der Waals surface area (Å²) in [6.07, 6.45) is 0. The SMILES string of the molecule is NCC(=O)N(O)c1ccc(Cl)cc1C(=O)c1ccccc1. The lowest BCUT2D eigenvalue weighted by molar-refractivity contribution is -0.122. The first-order valence-corrected chi connectivity index (χ1v) is 6.53. The van der Waals surface area contributed by atoms with Crippen molar-refractivity contribution in [1.82, 2.24) is 0 Å². The highest BCUT2D eigenvalue weighted by atomic mass is 35.5. The molecule has 0 fully saturated rings. The summed E-state index contributed by atoms with van der Waals surface area (Å²) < 4.78 is 0. The smallest absolute Gasteiger partial charge is 0.264 e. The summed E-state index contributed by atoms with van der Waals surface area (Å²) in [6.45, 7) is -0.377. The minimum absolute atomic E-state index is 0.0451. The largest absolute Gasteiger partial charge is 0.322 e. The predicted octanol–water partition coefficient (Wildman–Crippen LogP) is 2.25. The number of benzene rings is 2. The Morgan fingerprint density at radius 1 is 1.14 bits per heavy atom. The van der Waals surface area contributed by atoms with Gasteiger partial charge in [0, 0.05) is 10.6 Å². The van der Waals surface area contributed by atoms with Crippen LogP contribution in [0.2, 0.25) is 5.02 Å². The second-order valence-corrected chi connectivity index (χ2v) is 4.70. The first kappa shape index (κ1) is 15.2. The van der Waals surface area contributed by atoms with Crippen molar-refractivity contribution in [2.75, 3.05) is 11.6 Å². The van der Waals surface area contributed by atoms with E-state index in [4.69, 9.17) is 17.3 Å². The van der Waals surface area contributed by atoms with E-state index in [1.807, 2.05) is 0 Å². The Morgan fingerprint density at radius 3 is 2.43 bits per heavy atom. The molecule has 0 radical (unpaired) electrons. The van der Waals surface area contributed by atoms with Gasteiger partial charge in [-0.25, -0.2) is 0 Å². The number of hydrogen-bond acceptors (Lipinski definition) is 4. The van der Waals surface area contributed by atoms with Crippen LogP contribution in [0.15, 0.2) is 48.5 Å². The van der Waals surface area contributed by atoms with Crippen LogP contribution in [0, 0.1) is 0 Å². The Hall–Kier alpha value is -2.21. The molecule has 0 saturated heterocycles. The van der Waals surface area contributed by atoms with Crippen LogP contribution in [-0.4, -0.2) is 23.4 Å². The molecule has 0 atom stereocenters. The van der Waals surface area contributed by atoms with Crippen molar-refractivity contribution in [3.8, 4) is 0 Å². The van der Waals surface area contributed by atoms with Crippen LogP contribution in [-0.2, 0) is 4.79 Å². The topological polar surface area (TPSA) is 83.6 Å². The Morgan fingerprint density at radius 2 is 1.81 bits per heavy atom. The van der Waals surface area contributed by atoms with Gasteiger partial charge >= 0.3 is 0 Å². The molecule has 2 rings (SSSR count). The van der Waals surface area contributed by atoms with Crippen molar-refractivity contribution < 1.29 is 14.8 Å². The highest BCUT2D eigenvalue weighted by Crippen LogP contribution is 2.26. The zero-order valence-corrected chi connectivity index (χ0v) is 11.7. The maximum absolute atomic E-state index is 12.5. The molecule has 0 bridgehead atoms. The molecule has 108 valence electrons. The summed E-state index contributed by atoms with van der Waals surface area (Å²) in [6, 6.07) is 12.8. The summed E-state index contributed by atoms with van der Waals surface area (Å²) in [4.78, 5) is 24.0. The number of carbonyl (C=O) groups excluding carboxylic acids is 2. The number of carbonyl (C=O) groups is 2. The molecule has 0 aliphatic heterocycles. The van der Waals surface area contributed by atoms with E-state index in [1.165, 1.54) is 18.2 Å². The van der Waals surface area contributed by atoms with Crippen molar-refractivity contribution in [1.29, 1.82) is 0 Å². The normalized spacial score (nSPS) is 10.2. The van der Waals surface area contributed by atoms with E-state index in [0.29, 0.717) is 15.6 Å². The number of halogens is 1. The van der Waals surface area contributed by atoms with E-state index in [0.717, 1.165) is 0 Å². The number of anilines is 1. The van der Waals surface area contributed by atoms with E-state index in [-0.39, 0.29) is 23.6 Å². The quantitative estimate of drug-likeness (QED) is 0.515. The Balaban J connectivity index is 2.50. The van der Waals surface area contributed by atoms with Crippen molar-refractivity contribution in [2.45, 2.75) is 0 Å². The molecule has 3 N–H and O–H groups in total. The van der Waals surface area contributed by atoms with Crippen LogP contribution in [0.5, 0.6) is 0 Å². The maximum atomic E-state index is 12.5. The second kappa shape index (κ2) is 6.49. The fourth-order valence-corrected chi connectivity index (χ4v) is 2.01. The molecule has 5 nitrogen and oxygen atoms in total. The summed E-state index contributed by atoms with van der Waals surface area (Å²) in [5.74, 6) is -1.07. The van der Waals surface area contributed by atoms with Gasteiger partial charge in [-0.1, -0.05) is 41.9 Å². The van der Waals surface area contributed by atoms with Crippen LogP contribution in [0.3, 0.4) is 0 Å². The molecule has 0 heterocycles. The van der Waals surface area contributed by atoms with Crippen LogP contribution in [0.25, 0.3) is 0 Å². The van der Waals surface area contributed by atoms with Crippen molar-refractivity contribution in [3.05, 3.63) is 64.7 Å².